The summed E-state index contributed by atoms with van der Waals surface area (Å²) in [6.07, 6.45) is 3.33. The van der Waals surface area contributed by atoms with Crippen molar-refractivity contribution in [2.45, 2.75) is 18.9 Å². The van der Waals surface area contributed by atoms with Crippen molar-refractivity contribution in [2.24, 2.45) is 0 Å². The molecule has 0 amide bonds. The molecule has 0 bridgehead atoms. The summed E-state index contributed by atoms with van der Waals surface area (Å²) in [5.41, 5.74) is 1.21. The van der Waals surface area contributed by atoms with Crippen molar-refractivity contribution in [3.05, 3.63) is 58.5 Å². The summed E-state index contributed by atoms with van der Waals surface area (Å²) in [6, 6.07) is 8.16. The molecule has 2 aromatic rings. The molecule has 0 aliphatic carbocycles. The van der Waals surface area contributed by atoms with Crippen LogP contribution >= 0.6 is 11.6 Å². The minimum Gasteiger partial charge on any atom is -0.465 e. The van der Waals surface area contributed by atoms with Crippen LogP contribution in [0.15, 0.2) is 36.5 Å². The average Bonchev–Trinajstić information content (AvgIpc) is 3.03. The molecule has 1 aromatic carbocycles. The molecule has 1 atom stereocenters. The lowest BCUT2D eigenvalue weighted by molar-refractivity contribution is 0.0600. The van der Waals surface area contributed by atoms with Gasteiger partial charge in [0.05, 0.1) is 23.7 Å². The second-order valence-electron chi connectivity index (χ2n) is 5.43. The Kier molecular flexibility index (Phi) is 4.48. The molecule has 0 spiro atoms. The number of methoxy groups -OCH3 is 1. The van der Waals surface area contributed by atoms with Crippen LogP contribution in [0, 0.1) is 5.82 Å². The van der Waals surface area contributed by atoms with Gasteiger partial charge in [-0.2, -0.15) is 0 Å². The monoisotopic (exact) mass is 334 g/mol. The fourth-order valence-corrected chi connectivity index (χ4v) is 3.23. The quantitative estimate of drug-likeness (QED) is 0.796. The number of rotatable bonds is 3. The lowest BCUT2D eigenvalue weighted by Crippen LogP contribution is -2.24. The van der Waals surface area contributed by atoms with E-state index in [1.54, 1.807) is 18.2 Å². The van der Waals surface area contributed by atoms with Crippen LogP contribution in [0.2, 0.25) is 5.02 Å². The van der Waals surface area contributed by atoms with Crippen molar-refractivity contribution in [3.63, 3.8) is 0 Å². The van der Waals surface area contributed by atoms with Crippen LogP contribution in [-0.2, 0) is 4.74 Å². The number of aromatic nitrogens is 1. The van der Waals surface area contributed by atoms with Crippen molar-refractivity contribution in [1.29, 1.82) is 0 Å². The van der Waals surface area contributed by atoms with Crippen molar-refractivity contribution in [2.75, 3.05) is 18.6 Å². The zero-order chi connectivity index (χ0) is 16.4. The second kappa shape index (κ2) is 6.54. The van der Waals surface area contributed by atoms with E-state index < -0.39 is 5.97 Å². The molecule has 0 radical (unpaired) electrons. The van der Waals surface area contributed by atoms with Crippen LogP contribution in [0.4, 0.5) is 10.2 Å². The summed E-state index contributed by atoms with van der Waals surface area (Å²) < 4.78 is 18.2. The molecule has 6 heteroatoms. The molecule has 0 saturated carbocycles. The van der Waals surface area contributed by atoms with E-state index >= 15 is 0 Å². The zero-order valence-electron chi connectivity index (χ0n) is 12.6. The van der Waals surface area contributed by atoms with Crippen LogP contribution in [0.1, 0.15) is 34.8 Å². The number of esters is 1. The first-order valence-corrected chi connectivity index (χ1v) is 7.74. The maximum atomic E-state index is 13.5. The first kappa shape index (κ1) is 15.7. The number of ether oxygens (including phenoxy) is 1. The summed E-state index contributed by atoms with van der Waals surface area (Å²) in [5, 5.41) is 0.385. The number of hydrogen-bond acceptors (Lipinski definition) is 4. The number of halogens is 2. The number of pyridine rings is 1. The first-order valence-electron chi connectivity index (χ1n) is 7.36. The maximum Gasteiger partial charge on any atom is 0.339 e. The summed E-state index contributed by atoms with van der Waals surface area (Å²) in [4.78, 5) is 17.9. The van der Waals surface area contributed by atoms with Gasteiger partial charge in [0, 0.05) is 12.7 Å². The van der Waals surface area contributed by atoms with Crippen LogP contribution in [0.25, 0.3) is 0 Å². The van der Waals surface area contributed by atoms with Gasteiger partial charge in [0.2, 0.25) is 0 Å². The molecule has 3 rings (SSSR count). The molecule has 0 N–H and O–H groups in total. The Morgan fingerprint density at radius 3 is 2.96 bits per heavy atom. The molecule has 4 nitrogen and oxygen atoms in total. The van der Waals surface area contributed by atoms with Gasteiger partial charge in [-0.15, -0.1) is 0 Å². The molecule has 1 aromatic heterocycles. The minimum absolute atomic E-state index is 0.0275. The van der Waals surface area contributed by atoms with Gasteiger partial charge in [-0.05, 0) is 36.6 Å². The van der Waals surface area contributed by atoms with Crippen LogP contribution in [0.3, 0.4) is 0 Å². The first-order chi connectivity index (χ1) is 11.1. The number of carbonyl (C=O) groups excluding carboxylic acids is 1. The Balaban J connectivity index is 1.92. The third kappa shape index (κ3) is 3.15. The van der Waals surface area contributed by atoms with E-state index in [1.807, 2.05) is 6.07 Å². The Labute approximate surface area is 138 Å². The smallest absolute Gasteiger partial charge is 0.339 e. The maximum absolute atomic E-state index is 13.5. The molecule has 2 heterocycles. The lowest BCUT2D eigenvalue weighted by Gasteiger charge is -2.27. The van der Waals surface area contributed by atoms with Crippen molar-refractivity contribution in [3.8, 4) is 0 Å². The molecule has 1 aliphatic heterocycles. The third-order valence-electron chi connectivity index (χ3n) is 4.00. The molecule has 120 valence electrons. The Bertz CT molecular complexity index is 738. The van der Waals surface area contributed by atoms with Crippen LogP contribution in [0.5, 0.6) is 0 Å². The van der Waals surface area contributed by atoms with Gasteiger partial charge in [-0.25, -0.2) is 14.2 Å². The minimum atomic E-state index is -0.478. The van der Waals surface area contributed by atoms with E-state index in [9.17, 15) is 9.18 Å². The van der Waals surface area contributed by atoms with Gasteiger partial charge in [0.1, 0.15) is 11.6 Å². The summed E-state index contributed by atoms with van der Waals surface area (Å²) in [6.45, 7) is 0.783. The van der Waals surface area contributed by atoms with Crippen molar-refractivity contribution < 1.29 is 13.9 Å². The Morgan fingerprint density at radius 2 is 2.26 bits per heavy atom. The van der Waals surface area contributed by atoms with Gasteiger partial charge in [-0.1, -0.05) is 23.7 Å². The molecule has 1 saturated heterocycles. The van der Waals surface area contributed by atoms with Crippen molar-refractivity contribution in [1.82, 2.24) is 4.98 Å². The van der Waals surface area contributed by atoms with E-state index in [0.29, 0.717) is 16.4 Å². The van der Waals surface area contributed by atoms with Gasteiger partial charge >= 0.3 is 5.97 Å². The molecule has 23 heavy (non-hydrogen) atoms. The SMILES string of the molecule is COC(=O)c1cnc(N2CCCC2c2cccc(F)c2)c(Cl)c1. The summed E-state index contributed by atoms with van der Waals surface area (Å²) in [5.74, 6) is -0.130. The number of nitrogens with zero attached hydrogens (tertiary/aromatic N) is 2. The third-order valence-corrected chi connectivity index (χ3v) is 4.28. The average molecular weight is 335 g/mol. The van der Waals surface area contributed by atoms with Gasteiger partial charge < -0.3 is 9.64 Å². The van der Waals surface area contributed by atoms with Gasteiger partial charge in [0.25, 0.3) is 0 Å². The Hall–Kier alpha value is -2.14. The van der Waals surface area contributed by atoms with Crippen molar-refractivity contribution >= 4 is 23.4 Å². The lowest BCUT2D eigenvalue weighted by atomic mass is 10.0. The predicted octanol–water partition coefficient (Wildman–Crippen LogP) is 4.00. The highest BCUT2D eigenvalue weighted by Crippen LogP contribution is 2.38. The van der Waals surface area contributed by atoms with Gasteiger partial charge in [-0.3, -0.25) is 0 Å². The highest BCUT2D eigenvalue weighted by Gasteiger charge is 2.29. The Morgan fingerprint density at radius 1 is 1.43 bits per heavy atom. The number of carbonyl (C=O) groups is 1. The second-order valence-corrected chi connectivity index (χ2v) is 5.83. The highest BCUT2D eigenvalue weighted by molar-refractivity contribution is 6.33. The molecule has 1 fully saturated rings. The van der Waals surface area contributed by atoms with E-state index in [1.165, 1.54) is 19.4 Å². The fraction of sp³-hybridized carbons (Fsp3) is 0.294. The van der Waals surface area contributed by atoms with E-state index in [4.69, 9.17) is 11.6 Å². The van der Waals surface area contributed by atoms with Crippen LogP contribution in [-0.4, -0.2) is 24.6 Å². The number of benzene rings is 1. The summed E-state index contributed by atoms with van der Waals surface area (Å²) in [7, 11) is 1.31. The highest BCUT2D eigenvalue weighted by atomic mass is 35.5. The normalized spacial score (nSPS) is 17.3. The predicted molar refractivity (Wildman–Crippen MR) is 86.3 cm³/mol. The fourth-order valence-electron chi connectivity index (χ4n) is 2.95. The molecular formula is C17H16ClFN2O2. The molecule has 1 aliphatic rings. The van der Waals surface area contributed by atoms with E-state index in [-0.39, 0.29) is 11.9 Å². The number of anilines is 1. The largest absolute Gasteiger partial charge is 0.465 e. The van der Waals surface area contributed by atoms with E-state index in [0.717, 1.165) is 24.9 Å². The molecule has 1 unspecified atom stereocenters. The molecular weight excluding hydrogens is 319 g/mol. The zero-order valence-corrected chi connectivity index (χ0v) is 13.4. The standard InChI is InChI=1S/C17H16ClFN2O2/c1-23-17(22)12-9-14(18)16(20-10-12)21-7-3-6-15(21)11-4-2-5-13(19)8-11/h2,4-5,8-10,15H,3,6-7H2,1H3. The summed E-state index contributed by atoms with van der Waals surface area (Å²) >= 11 is 6.31. The van der Waals surface area contributed by atoms with E-state index in [2.05, 4.69) is 14.6 Å². The topological polar surface area (TPSA) is 42.4 Å². The number of hydrogen-bond donors (Lipinski definition) is 0. The van der Waals surface area contributed by atoms with Crippen LogP contribution < -0.4 is 4.90 Å². The van der Waals surface area contributed by atoms with Gasteiger partial charge in [0.15, 0.2) is 0 Å².